The van der Waals surface area contributed by atoms with Gasteiger partial charge in [0, 0.05) is 31.9 Å². The first-order chi connectivity index (χ1) is 11.7. The van der Waals surface area contributed by atoms with Gasteiger partial charge in [0.1, 0.15) is 12.1 Å². The van der Waals surface area contributed by atoms with Crippen LogP contribution in [0.1, 0.15) is 5.69 Å². The molecule has 1 aliphatic heterocycles. The Kier molecular flexibility index (Phi) is 3.68. The van der Waals surface area contributed by atoms with Gasteiger partial charge in [0.25, 0.3) is 0 Å². The Labute approximate surface area is 140 Å². The fourth-order valence-corrected chi connectivity index (χ4v) is 3.16. The van der Waals surface area contributed by atoms with E-state index in [0.29, 0.717) is 0 Å². The molecule has 1 fully saturated rings. The van der Waals surface area contributed by atoms with Crippen LogP contribution in [0, 0.1) is 6.92 Å². The number of hydrogen-bond donors (Lipinski definition) is 0. The first-order valence-electron chi connectivity index (χ1n) is 8.06. The molecular formula is C17H20N6O. The number of piperazine rings is 1. The van der Waals surface area contributed by atoms with E-state index in [1.54, 1.807) is 18.0 Å². The van der Waals surface area contributed by atoms with E-state index in [1.807, 2.05) is 19.1 Å². The van der Waals surface area contributed by atoms with Gasteiger partial charge in [0.2, 0.25) is 5.65 Å². The molecule has 0 radical (unpaired) electrons. The summed E-state index contributed by atoms with van der Waals surface area (Å²) in [7, 11) is 1.69. The summed E-state index contributed by atoms with van der Waals surface area (Å²) in [4.78, 5) is 4.75. The molecule has 0 unspecified atom stereocenters. The summed E-state index contributed by atoms with van der Waals surface area (Å²) in [5.41, 5.74) is 4.12. The molecule has 2 aromatic heterocycles. The molecule has 7 heteroatoms. The van der Waals surface area contributed by atoms with Crippen LogP contribution in [0.3, 0.4) is 0 Å². The largest absolute Gasteiger partial charge is 0.497 e. The average molecular weight is 324 g/mol. The molecule has 124 valence electrons. The van der Waals surface area contributed by atoms with Crippen LogP contribution >= 0.6 is 0 Å². The van der Waals surface area contributed by atoms with E-state index < -0.39 is 0 Å². The van der Waals surface area contributed by atoms with Crippen molar-refractivity contribution in [2.24, 2.45) is 0 Å². The van der Waals surface area contributed by atoms with Crippen LogP contribution in [0.2, 0.25) is 0 Å². The monoisotopic (exact) mass is 324 g/mol. The molecule has 0 N–H and O–H groups in total. The maximum Gasteiger partial charge on any atom is 0.200 e. The number of benzene rings is 1. The smallest absolute Gasteiger partial charge is 0.200 e. The molecule has 3 aromatic rings. The molecule has 0 aliphatic carbocycles. The number of ether oxygens (including phenoxy) is 1. The predicted octanol–water partition coefficient (Wildman–Crippen LogP) is 1.77. The third-order valence-electron chi connectivity index (χ3n) is 4.43. The van der Waals surface area contributed by atoms with Crippen molar-refractivity contribution >= 4 is 17.0 Å². The van der Waals surface area contributed by atoms with Crippen LogP contribution in [0.15, 0.2) is 36.7 Å². The summed E-state index contributed by atoms with van der Waals surface area (Å²) < 4.78 is 6.98. The number of methoxy groups -OCH3 is 1. The molecule has 24 heavy (non-hydrogen) atoms. The number of fused-ring (bicyclic) bond motifs is 1. The Hall–Kier alpha value is -2.83. The van der Waals surface area contributed by atoms with Crippen LogP contribution in [0.4, 0.5) is 11.4 Å². The van der Waals surface area contributed by atoms with Crippen molar-refractivity contribution in [1.29, 1.82) is 0 Å². The fraction of sp³-hybridized carbons (Fsp3) is 0.353. The summed E-state index contributed by atoms with van der Waals surface area (Å²) >= 11 is 0. The van der Waals surface area contributed by atoms with Crippen molar-refractivity contribution in [1.82, 2.24) is 19.8 Å². The minimum absolute atomic E-state index is 0.818. The summed E-state index contributed by atoms with van der Waals surface area (Å²) in [5, 5.41) is 12.6. The van der Waals surface area contributed by atoms with E-state index >= 15 is 0 Å². The van der Waals surface area contributed by atoms with Crippen molar-refractivity contribution < 1.29 is 4.74 Å². The number of aromatic nitrogens is 4. The molecule has 3 heterocycles. The van der Waals surface area contributed by atoms with Gasteiger partial charge in [-0.15, -0.1) is 10.2 Å². The molecule has 0 amide bonds. The minimum atomic E-state index is 0.818. The first kappa shape index (κ1) is 14.7. The predicted molar refractivity (Wildman–Crippen MR) is 92.9 cm³/mol. The summed E-state index contributed by atoms with van der Waals surface area (Å²) in [5.74, 6) is 0.888. The average Bonchev–Trinajstić information content (AvgIpc) is 3.09. The zero-order valence-corrected chi connectivity index (χ0v) is 13.9. The highest BCUT2D eigenvalue weighted by molar-refractivity contribution is 5.69. The lowest BCUT2D eigenvalue weighted by molar-refractivity contribution is 0.415. The Balaban J connectivity index is 1.51. The van der Waals surface area contributed by atoms with E-state index in [2.05, 4.69) is 43.3 Å². The number of aryl methyl sites for hydroxylation is 1. The second-order valence-electron chi connectivity index (χ2n) is 5.94. The normalized spacial score (nSPS) is 15.1. The van der Waals surface area contributed by atoms with E-state index in [4.69, 9.17) is 4.74 Å². The second-order valence-corrected chi connectivity index (χ2v) is 5.94. The van der Waals surface area contributed by atoms with Gasteiger partial charge in [0.05, 0.1) is 18.5 Å². The quantitative estimate of drug-likeness (QED) is 0.732. The number of rotatable bonds is 3. The third kappa shape index (κ3) is 2.62. The second kappa shape index (κ2) is 5.99. The fourth-order valence-electron chi connectivity index (χ4n) is 3.16. The first-order valence-corrected chi connectivity index (χ1v) is 8.06. The van der Waals surface area contributed by atoms with Crippen molar-refractivity contribution in [2.75, 3.05) is 43.1 Å². The summed E-state index contributed by atoms with van der Waals surface area (Å²) in [6.07, 6.45) is 1.65. The van der Waals surface area contributed by atoms with Crippen molar-refractivity contribution in [2.45, 2.75) is 6.92 Å². The highest BCUT2D eigenvalue weighted by Gasteiger charge is 2.20. The van der Waals surface area contributed by atoms with Gasteiger partial charge in [-0.3, -0.25) is 0 Å². The van der Waals surface area contributed by atoms with E-state index in [1.165, 1.54) is 5.69 Å². The molecule has 1 aromatic carbocycles. The lowest BCUT2D eigenvalue weighted by Crippen LogP contribution is -2.46. The molecular weight excluding hydrogens is 304 g/mol. The Morgan fingerprint density at radius 2 is 1.71 bits per heavy atom. The SMILES string of the molecule is COc1ccc(N2CCN(c3cc(C)nn4cnnc34)CC2)cc1. The maximum absolute atomic E-state index is 5.23. The molecule has 1 aliphatic rings. The van der Waals surface area contributed by atoms with Crippen LogP contribution in [0.25, 0.3) is 5.65 Å². The standard InChI is InChI=1S/C17H20N6O/c1-13-11-16(17-19-18-12-23(17)20-13)22-9-7-21(8-10-22)14-3-5-15(24-2)6-4-14/h3-6,11-12H,7-10H2,1-2H3. The molecule has 1 saturated heterocycles. The highest BCUT2D eigenvalue weighted by Crippen LogP contribution is 2.25. The van der Waals surface area contributed by atoms with Crippen LogP contribution in [-0.2, 0) is 0 Å². The molecule has 4 rings (SSSR count). The zero-order chi connectivity index (χ0) is 16.5. The number of nitrogens with zero attached hydrogens (tertiary/aromatic N) is 6. The van der Waals surface area contributed by atoms with Gasteiger partial charge in [-0.2, -0.15) is 9.61 Å². The van der Waals surface area contributed by atoms with Crippen LogP contribution < -0.4 is 14.5 Å². The van der Waals surface area contributed by atoms with Crippen LogP contribution in [-0.4, -0.2) is 53.1 Å². The van der Waals surface area contributed by atoms with Gasteiger partial charge >= 0.3 is 0 Å². The molecule has 0 atom stereocenters. The molecule has 0 spiro atoms. The van der Waals surface area contributed by atoms with Gasteiger partial charge in [-0.25, -0.2) is 0 Å². The molecule has 0 saturated carbocycles. The topological polar surface area (TPSA) is 58.8 Å². The lowest BCUT2D eigenvalue weighted by Gasteiger charge is -2.37. The molecule has 0 bridgehead atoms. The Morgan fingerprint density at radius 3 is 2.42 bits per heavy atom. The zero-order valence-electron chi connectivity index (χ0n) is 13.9. The van der Waals surface area contributed by atoms with Gasteiger partial charge in [-0.05, 0) is 37.3 Å². The Morgan fingerprint density at radius 1 is 1.00 bits per heavy atom. The van der Waals surface area contributed by atoms with Gasteiger partial charge in [0.15, 0.2) is 0 Å². The van der Waals surface area contributed by atoms with Gasteiger partial charge in [-0.1, -0.05) is 0 Å². The van der Waals surface area contributed by atoms with Crippen molar-refractivity contribution in [3.63, 3.8) is 0 Å². The van der Waals surface area contributed by atoms with Crippen molar-refractivity contribution in [3.8, 4) is 5.75 Å². The van der Waals surface area contributed by atoms with Crippen molar-refractivity contribution in [3.05, 3.63) is 42.4 Å². The van der Waals surface area contributed by atoms with E-state index in [-0.39, 0.29) is 0 Å². The summed E-state index contributed by atoms with van der Waals surface area (Å²) in [6, 6.07) is 10.3. The lowest BCUT2D eigenvalue weighted by atomic mass is 10.2. The van der Waals surface area contributed by atoms with E-state index in [0.717, 1.165) is 49.0 Å². The highest BCUT2D eigenvalue weighted by atomic mass is 16.5. The maximum atomic E-state index is 5.23. The summed E-state index contributed by atoms with van der Waals surface area (Å²) in [6.45, 7) is 5.81. The number of anilines is 2. The Bertz CT molecular complexity index is 836. The minimum Gasteiger partial charge on any atom is -0.497 e. The molecule has 7 nitrogen and oxygen atoms in total. The third-order valence-corrected chi connectivity index (χ3v) is 4.43. The van der Waals surface area contributed by atoms with Crippen LogP contribution in [0.5, 0.6) is 5.75 Å². The number of hydrogen-bond acceptors (Lipinski definition) is 6. The van der Waals surface area contributed by atoms with Gasteiger partial charge < -0.3 is 14.5 Å². The van der Waals surface area contributed by atoms with E-state index in [9.17, 15) is 0 Å².